The molecule has 10 heavy (non-hydrogen) atoms. The van der Waals surface area contributed by atoms with E-state index in [0.717, 1.165) is 6.54 Å². The van der Waals surface area contributed by atoms with Gasteiger partial charge in [0.2, 0.25) is 0 Å². The summed E-state index contributed by atoms with van der Waals surface area (Å²) in [6.07, 6.45) is 0. The number of rotatable bonds is 4. The highest BCUT2D eigenvalue weighted by molar-refractivity contribution is 5.73. The van der Waals surface area contributed by atoms with Crippen molar-refractivity contribution < 1.29 is 9.90 Å². The van der Waals surface area contributed by atoms with Crippen molar-refractivity contribution in [2.75, 3.05) is 13.1 Å². The Labute approximate surface area is 61.4 Å². The molecule has 0 heterocycles. The summed E-state index contributed by atoms with van der Waals surface area (Å²) >= 11 is 0. The molecule has 0 unspecified atom stereocenters. The third-order valence-corrected chi connectivity index (χ3v) is 1.40. The van der Waals surface area contributed by atoms with Gasteiger partial charge >= 0.3 is 5.97 Å². The van der Waals surface area contributed by atoms with Crippen LogP contribution < -0.4 is 5.32 Å². The van der Waals surface area contributed by atoms with E-state index in [1.807, 2.05) is 6.92 Å². The maximum atomic E-state index is 10.5. The number of carboxylic acid groups (broad SMARTS) is 1. The fraction of sp³-hybridized carbons (Fsp3) is 0.857. The lowest BCUT2D eigenvalue weighted by Crippen LogP contribution is -2.35. The molecule has 3 nitrogen and oxygen atoms in total. The summed E-state index contributed by atoms with van der Waals surface area (Å²) in [4.78, 5) is 10.5. The van der Waals surface area contributed by atoms with Crippen LogP contribution in [0.4, 0.5) is 0 Å². The number of carbonyl (C=O) groups is 1. The van der Waals surface area contributed by atoms with Gasteiger partial charge in [-0.2, -0.15) is 0 Å². The molecule has 2 N–H and O–H groups in total. The van der Waals surface area contributed by atoms with Crippen molar-refractivity contribution in [1.29, 1.82) is 0 Å². The summed E-state index contributed by atoms with van der Waals surface area (Å²) in [5.74, 6) is -0.756. The Bertz CT molecular complexity index is 121. The molecule has 0 atom stereocenters. The molecule has 0 aromatic rings. The van der Waals surface area contributed by atoms with E-state index in [0.29, 0.717) is 6.54 Å². The van der Waals surface area contributed by atoms with Gasteiger partial charge in [0.1, 0.15) is 0 Å². The highest BCUT2D eigenvalue weighted by Crippen LogP contribution is 2.12. The number of hydrogen-bond acceptors (Lipinski definition) is 2. The quantitative estimate of drug-likeness (QED) is 0.612. The number of nitrogens with one attached hydrogen (secondary N) is 1. The number of carboxylic acids is 1. The topological polar surface area (TPSA) is 49.3 Å². The zero-order chi connectivity index (χ0) is 8.20. The lowest BCUT2D eigenvalue weighted by Gasteiger charge is -2.18. The van der Waals surface area contributed by atoms with Crippen LogP contribution in [0.3, 0.4) is 0 Å². The van der Waals surface area contributed by atoms with E-state index in [1.165, 1.54) is 0 Å². The molecule has 0 amide bonds. The van der Waals surface area contributed by atoms with Crippen molar-refractivity contribution in [2.24, 2.45) is 5.41 Å². The van der Waals surface area contributed by atoms with Crippen LogP contribution in [0, 0.1) is 5.41 Å². The Balaban J connectivity index is 3.75. The molecule has 3 heteroatoms. The Morgan fingerprint density at radius 3 is 2.40 bits per heavy atom. The van der Waals surface area contributed by atoms with Gasteiger partial charge in [-0.3, -0.25) is 4.79 Å². The van der Waals surface area contributed by atoms with E-state index < -0.39 is 11.4 Å². The summed E-state index contributed by atoms with van der Waals surface area (Å²) < 4.78 is 0. The Hall–Kier alpha value is -0.570. The van der Waals surface area contributed by atoms with Crippen LogP contribution in [0.1, 0.15) is 20.8 Å². The van der Waals surface area contributed by atoms with Crippen molar-refractivity contribution in [1.82, 2.24) is 5.32 Å². The first-order chi connectivity index (χ1) is 4.50. The third-order valence-electron chi connectivity index (χ3n) is 1.40. The van der Waals surface area contributed by atoms with Crippen LogP contribution in [0.5, 0.6) is 0 Å². The molecule has 0 aliphatic carbocycles. The van der Waals surface area contributed by atoms with E-state index >= 15 is 0 Å². The minimum Gasteiger partial charge on any atom is -0.481 e. The first kappa shape index (κ1) is 9.43. The molecule has 0 bridgehead atoms. The predicted octanol–water partition coefficient (Wildman–Crippen LogP) is 0.707. The second-order valence-corrected chi connectivity index (χ2v) is 2.97. The minimum absolute atomic E-state index is 0.527. The van der Waals surface area contributed by atoms with Crippen LogP contribution in [0.2, 0.25) is 0 Å². The van der Waals surface area contributed by atoms with Crippen LogP contribution >= 0.6 is 0 Å². The highest BCUT2D eigenvalue weighted by atomic mass is 16.4. The zero-order valence-electron chi connectivity index (χ0n) is 6.77. The molecule has 0 aromatic heterocycles. The monoisotopic (exact) mass is 145 g/mol. The van der Waals surface area contributed by atoms with Crippen LogP contribution in [-0.4, -0.2) is 24.2 Å². The molecule has 0 saturated heterocycles. The average molecular weight is 145 g/mol. The van der Waals surface area contributed by atoms with Crippen LogP contribution in [0.25, 0.3) is 0 Å². The van der Waals surface area contributed by atoms with E-state index in [-0.39, 0.29) is 0 Å². The molecule has 0 fully saturated rings. The molecule has 0 saturated carbocycles. The summed E-state index contributed by atoms with van der Waals surface area (Å²) in [7, 11) is 0. The normalized spacial score (nSPS) is 11.5. The lowest BCUT2D eigenvalue weighted by atomic mass is 9.94. The van der Waals surface area contributed by atoms with Crippen LogP contribution in [-0.2, 0) is 4.79 Å². The van der Waals surface area contributed by atoms with Gasteiger partial charge in [0.15, 0.2) is 0 Å². The van der Waals surface area contributed by atoms with Gasteiger partial charge in [0, 0.05) is 6.54 Å². The molecule has 0 rings (SSSR count). The van der Waals surface area contributed by atoms with E-state index in [4.69, 9.17) is 5.11 Å². The van der Waals surface area contributed by atoms with E-state index in [1.54, 1.807) is 13.8 Å². The highest BCUT2D eigenvalue weighted by Gasteiger charge is 2.25. The molecule has 0 aromatic carbocycles. The Morgan fingerprint density at radius 2 is 2.10 bits per heavy atom. The maximum absolute atomic E-state index is 10.5. The van der Waals surface area contributed by atoms with Crippen molar-refractivity contribution in [2.45, 2.75) is 20.8 Å². The van der Waals surface area contributed by atoms with Crippen molar-refractivity contribution >= 4 is 5.97 Å². The summed E-state index contributed by atoms with van der Waals surface area (Å²) in [5, 5.41) is 11.6. The molecular weight excluding hydrogens is 130 g/mol. The zero-order valence-corrected chi connectivity index (χ0v) is 6.77. The fourth-order valence-electron chi connectivity index (χ4n) is 0.513. The summed E-state index contributed by atoms with van der Waals surface area (Å²) in [6.45, 7) is 6.71. The predicted molar refractivity (Wildman–Crippen MR) is 40.0 cm³/mol. The maximum Gasteiger partial charge on any atom is 0.310 e. The fourth-order valence-corrected chi connectivity index (χ4v) is 0.513. The molecule has 0 aliphatic rings. The standard InChI is InChI=1S/C7H15NO2/c1-4-8-5-7(2,3)6(9)10/h8H,4-5H2,1-3H3,(H,9,10). The minimum atomic E-state index is -0.756. The average Bonchev–Trinajstić information content (AvgIpc) is 1.84. The van der Waals surface area contributed by atoms with Crippen molar-refractivity contribution in [3.63, 3.8) is 0 Å². The second-order valence-electron chi connectivity index (χ2n) is 2.97. The van der Waals surface area contributed by atoms with Gasteiger partial charge in [-0.15, -0.1) is 0 Å². The molecular formula is C7H15NO2. The van der Waals surface area contributed by atoms with E-state index in [9.17, 15) is 4.79 Å². The van der Waals surface area contributed by atoms with Gasteiger partial charge in [-0.1, -0.05) is 6.92 Å². The van der Waals surface area contributed by atoms with Crippen molar-refractivity contribution in [3.05, 3.63) is 0 Å². The molecule has 60 valence electrons. The van der Waals surface area contributed by atoms with Gasteiger partial charge < -0.3 is 10.4 Å². The van der Waals surface area contributed by atoms with Gasteiger partial charge in [0.05, 0.1) is 5.41 Å². The third kappa shape index (κ3) is 2.82. The largest absolute Gasteiger partial charge is 0.481 e. The Morgan fingerprint density at radius 1 is 1.60 bits per heavy atom. The van der Waals surface area contributed by atoms with Gasteiger partial charge in [-0.05, 0) is 20.4 Å². The Kier molecular flexibility index (Phi) is 3.36. The van der Waals surface area contributed by atoms with Crippen molar-refractivity contribution in [3.8, 4) is 0 Å². The van der Waals surface area contributed by atoms with Gasteiger partial charge in [0.25, 0.3) is 0 Å². The van der Waals surface area contributed by atoms with Crippen LogP contribution in [0.15, 0.2) is 0 Å². The second kappa shape index (κ2) is 3.56. The first-order valence-corrected chi connectivity index (χ1v) is 3.45. The molecule has 0 aliphatic heterocycles. The SMILES string of the molecule is CCNCC(C)(C)C(=O)O. The smallest absolute Gasteiger partial charge is 0.310 e. The molecule has 0 radical (unpaired) electrons. The summed E-state index contributed by atoms with van der Waals surface area (Å²) in [6, 6.07) is 0. The van der Waals surface area contributed by atoms with Gasteiger partial charge in [-0.25, -0.2) is 0 Å². The first-order valence-electron chi connectivity index (χ1n) is 3.45. The molecule has 0 spiro atoms. The lowest BCUT2D eigenvalue weighted by molar-refractivity contribution is -0.146. The number of aliphatic carboxylic acids is 1. The number of hydrogen-bond donors (Lipinski definition) is 2. The summed E-state index contributed by atoms with van der Waals surface area (Å²) in [5.41, 5.74) is -0.643. The van der Waals surface area contributed by atoms with E-state index in [2.05, 4.69) is 5.32 Å².